The van der Waals surface area contributed by atoms with Crippen LogP contribution in [0.2, 0.25) is 10.0 Å². The van der Waals surface area contributed by atoms with Crippen LogP contribution >= 0.6 is 23.2 Å². The van der Waals surface area contributed by atoms with E-state index < -0.39 is 12.2 Å². The Balaban J connectivity index is 1.97. The number of ether oxygens (including phenoxy) is 1. The van der Waals surface area contributed by atoms with Crippen LogP contribution < -0.4 is 10.6 Å². The molecule has 0 aliphatic carbocycles. The summed E-state index contributed by atoms with van der Waals surface area (Å²) in [4.78, 5) is 22.5. The molecule has 2 rings (SSSR count). The van der Waals surface area contributed by atoms with E-state index in [-0.39, 0.29) is 12.3 Å². The van der Waals surface area contributed by atoms with Crippen molar-refractivity contribution in [3.8, 4) is 0 Å². The Morgan fingerprint density at radius 2 is 2.06 bits per heavy atom. The number of amides is 2. The van der Waals surface area contributed by atoms with Crippen molar-refractivity contribution < 1.29 is 14.3 Å². The smallest absolute Gasteiger partial charge is 0.412 e. The predicted octanol–water partition coefficient (Wildman–Crippen LogP) is 2.43. The number of para-hydroxylation sites is 1. The average Bonchev–Trinajstić information content (AvgIpc) is 2.69. The van der Waals surface area contributed by atoms with Crippen molar-refractivity contribution in [1.29, 1.82) is 0 Å². The predicted molar refractivity (Wildman–Crippen MR) is 68.0 cm³/mol. The van der Waals surface area contributed by atoms with Crippen molar-refractivity contribution in [3.63, 3.8) is 0 Å². The van der Waals surface area contributed by atoms with Crippen LogP contribution in [0.3, 0.4) is 0 Å². The molecule has 7 heteroatoms. The normalized spacial score (nSPS) is 18.3. The summed E-state index contributed by atoms with van der Waals surface area (Å²) in [6.45, 7) is 0.322. The van der Waals surface area contributed by atoms with Crippen LogP contribution in [0.25, 0.3) is 0 Å². The molecule has 0 bridgehead atoms. The Labute approximate surface area is 113 Å². The minimum atomic E-state index is -0.688. The van der Waals surface area contributed by atoms with Crippen LogP contribution in [0.5, 0.6) is 0 Å². The second kappa shape index (κ2) is 5.46. The van der Waals surface area contributed by atoms with Crippen LogP contribution in [0.1, 0.15) is 6.42 Å². The number of carbonyl (C=O) groups excluding carboxylic acids is 2. The van der Waals surface area contributed by atoms with Gasteiger partial charge >= 0.3 is 6.09 Å². The molecule has 1 fully saturated rings. The van der Waals surface area contributed by atoms with Gasteiger partial charge in [0.25, 0.3) is 0 Å². The summed E-state index contributed by atoms with van der Waals surface area (Å²) in [6.07, 6.45) is -0.978. The number of rotatable bonds is 2. The molecule has 1 unspecified atom stereocenters. The number of hydrogen-bond acceptors (Lipinski definition) is 3. The van der Waals surface area contributed by atoms with Gasteiger partial charge in [-0.1, -0.05) is 29.3 Å². The highest BCUT2D eigenvalue weighted by Gasteiger charge is 2.25. The Bertz CT molecular complexity index is 473. The third-order valence-corrected chi connectivity index (χ3v) is 3.03. The van der Waals surface area contributed by atoms with Gasteiger partial charge in [-0.2, -0.15) is 0 Å². The molecular formula is C11H10Cl2N2O3. The number of carbonyl (C=O) groups is 2. The van der Waals surface area contributed by atoms with E-state index in [1.807, 2.05) is 0 Å². The van der Waals surface area contributed by atoms with Crippen LogP contribution in [-0.4, -0.2) is 24.6 Å². The molecule has 5 nitrogen and oxygen atoms in total. The van der Waals surface area contributed by atoms with Gasteiger partial charge in [-0.15, -0.1) is 0 Å². The quantitative estimate of drug-likeness (QED) is 0.878. The maximum atomic E-state index is 11.6. The zero-order chi connectivity index (χ0) is 13.1. The van der Waals surface area contributed by atoms with Gasteiger partial charge in [0, 0.05) is 0 Å². The minimum absolute atomic E-state index is 0.136. The lowest BCUT2D eigenvalue weighted by Crippen LogP contribution is -2.24. The van der Waals surface area contributed by atoms with Gasteiger partial charge in [-0.3, -0.25) is 10.1 Å². The van der Waals surface area contributed by atoms with Crippen molar-refractivity contribution >= 4 is 40.9 Å². The highest BCUT2D eigenvalue weighted by Crippen LogP contribution is 2.29. The van der Waals surface area contributed by atoms with Crippen molar-refractivity contribution in [1.82, 2.24) is 5.32 Å². The Morgan fingerprint density at radius 1 is 1.39 bits per heavy atom. The van der Waals surface area contributed by atoms with Gasteiger partial charge in [0.15, 0.2) is 0 Å². The summed E-state index contributed by atoms with van der Waals surface area (Å²) < 4.78 is 5.04. The SMILES string of the molecule is O=C1CC(OC(=O)Nc2c(Cl)cccc2Cl)CN1. The third kappa shape index (κ3) is 3.05. The lowest BCUT2D eigenvalue weighted by Gasteiger charge is -2.12. The molecule has 1 aliphatic heterocycles. The fraction of sp³-hybridized carbons (Fsp3) is 0.273. The molecule has 0 saturated carbocycles. The largest absolute Gasteiger partial charge is 0.444 e. The first kappa shape index (κ1) is 13.0. The van der Waals surface area contributed by atoms with E-state index in [4.69, 9.17) is 27.9 Å². The van der Waals surface area contributed by atoms with Crippen LogP contribution in [0, 0.1) is 0 Å². The summed E-state index contributed by atoms with van der Waals surface area (Å²) >= 11 is 11.8. The molecule has 96 valence electrons. The fourth-order valence-electron chi connectivity index (χ4n) is 1.56. The third-order valence-electron chi connectivity index (χ3n) is 2.40. The van der Waals surface area contributed by atoms with E-state index in [2.05, 4.69) is 10.6 Å². The van der Waals surface area contributed by atoms with Gasteiger partial charge in [0.05, 0.1) is 28.7 Å². The molecule has 1 atom stereocenters. The van der Waals surface area contributed by atoms with Gasteiger partial charge in [-0.05, 0) is 12.1 Å². The minimum Gasteiger partial charge on any atom is -0.444 e. The van der Waals surface area contributed by atoms with E-state index in [1.165, 1.54) is 0 Å². The second-order valence-corrected chi connectivity index (χ2v) is 4.57. The lowest BCUT2D eigenvalue weighted by molar-refractivity contribution is -0.119. The molecule has 2 N–H and O–H groups in total. The molecule has 18 heavy (non-hydrogen) atoms. The Hall–Kier alpha value is -1.46. The number of hydrogen-bond donors (Lipinski definition) is 2. The summed E-state index contributed by atoms with van der Waals surface area (Å²) in [5.74, 6) is -0.136. The summed E-state index contributed by atoms with van der Waals surface area (Å²) in [6, 6.07) is 4.87. The molecule has 1 aromatic rings. The summed E-state index contributed by atoms with van der Waals surface area (Å²) in [7, 11) is 0. The topological polar surface area (TPSA) is 67.4 Å². The maximum absolute atomic E-state index is 11.6. The summed E-state index contributed by atoms with van der Waals surface area (Å²) in [5.41, 5.74) is 0.295. The highest BCUT2D eigenvalue weighted by molar-refractivity contribution is 6.39. The van der Waals surface area contributed by atoms with Gasteiger partial charge in [0.2, 0.25) is 5.91 Å². The maximum Gasteiger partial charge on any atom is 0.412 e. The monoisotopic (exact) mass is 288 g/mol. The molecule has 0 radical (unpaired) electrons. The molecule has 1 aromatic carbocycles. The number of nitrogens with one attached hydrogen (secondary N) is 2. The fourth-order valence-corrected chi connectivity index (χ4v) is 2.05. The van der Waals surface area contributed by atoms with Crippen molar-refractivity contribution in [2.45, 2.75) is 12.5 Å². The average molecular weight is 289 g/mol. The summed E-state index contributed by atoms with van der Waals surface area (Å²) in [5, 5.41) is 5.66. The zero-order valence-corrected chi connectivity index (χ0v) is 10.7. The second-order valence-electron chi connectivity index (χ2n) is 3.76. The van der Waals surface area contributed by atoms with Crippen molar-refractivity contribution in [3.05, 3.63) is 28.2 Å². The highest BCUT2D eigenvalue weighted by atomic mass is 35.5. The van der Waals surface area contributed by atoms with Gasteiger partial charge < -0.3 is 10.1 Å². The molecule has 1 heterocycles. The van der Waals surface area contributed by atoms with E-state index in [1.54, 1.807) is 18.2 Å². The van der Waals surface area contributed by atoms with E-state index in [0.717, 1.165) is 0 Å². The molecule has 1 aliphatic rings. The first-order valence-corrected chi connectivity index (χ1v) is 6.00. The molecule has 2 amide bonds. The molecule has 1 saturated heterocycles. The molecule has 0 aromatic heterocycles. The van der Waals surface area contributed by atoms with E-state index in [0.29, 0.717) is 22.3 Å². The number of anilines is 1. The zero-order valence-electron chi connectivity index (χ0n) is 9.20. The molecule has 0 spiro atoms. The first-order chi connectivity index (χ1) is 8.56. The van der Waals surface area contributed by atoms with E-state index in [9.17, 15) is 9.59 Å². The van der Waals surface area contributed by atoms with Gasteiger partial charge in [0.1, 0.15) is 6.10 Å². The number of halogens is 2. The Kier molecular flexibility index (Phi) is 3.93. The molecular weight excluding hydrogens is 279 g/mol. The first-order valence-electron chi connectivity index (χ1n) is 5.24. The van der Waals surface area contributed by atoms with Gasteiger partial charge in [-0.25, -0.2) is 4.79 Å². The van der Waals surface area contributed by atoms with Crippen molar-refractivity contribution in [2.24, 2.45) is 0 Å². The van der Waals surface area contributed by atoms with Crippen LogP contribution in [0.15, 0.2) is 18.2 Å². The van der Waals surface area contributed by atoms with Crippen molar-refractivity contribution in [2.75, 3.05) is 11.9 Å². The Morgan fingerprint density at radius 3 is 2.61 bits per heavy atom. The number of benzene rings is 1. The van der Waals surface area contributed by atoms with Crippen LogP contribution in [0.4, 0.5) is 10.5 Å². The van der Waals surface area contributed by atoms with Crippen LogP contribution in [-0.2, 0) is 9.53 Å². The van der Waals surface area contributed by atoms with E-state index >= 15 is 0 Å². The standard InChI is InChI=1S/C11H10Cl2N2O3/c12-7-2-1-3-8(13)10(7)15-11(17)18-6-4-9(16)14-5-6/h1-3,6H,4-5H2,(H,14,16)(H,15,17). The lowest BCUT2D eigenvalue weighted by atomic mass is 10.3.